The number of ether oxygens (including phenoxy) is 3. The second-order valence-electron chi connectivity index (χ2n) is 6.92. The number of rotatable bonds is 8. The first kappa shape index (κ1) is 21.2. The van der Waals surface area contributed by atoms with Crippen molar-refractivity contribution in [2.75, 3.05) is 27.9 Å². The summed E-state index contributed by atoms with van der Waals surface area (Å²) < 4.78 is 16.2. The van der Waals surface area contributed by atoms with Crippen LogP contribution in [0.15, 0.2) is 60.7 Å². The monoisotopic (exact) mass is 405 g/mol. The van der Waals surface area contributed by atoms with Crippen LogP contribution in [-0.2, 0) is 11.3 Å². The molecule has 3 aromatic rings. The van der Waals surface area contributed by atoms with Crippen molar-refractivity contribution in [3.63, 3.8) is 0 Å². The average Bonchev–Trinajstić information content (AvgIpc) is 2.77. The largest absolute Gasteiger partial charge is 0.497 e. The van der Waals surface area contributed by atoms with Crippen LogP contribution < -0.4 is 14.2 Å². The zero-order valence-electron chi connectivity index (χ0n) is 17.8. The Morgan fingerprint density at radius 1 is 0.933 bits per heavy atom. The Hall–Kier alpha value is -3.47. The smallest absolute Gasteiger partial charge is 0.246 e. The number of methoxy groups -OCH3 is 2. The van der Waals surface area contributed by atoms with Gasteiger partial charge in [-0.15, -0.1) is 0 Å². The molecule has 5 nitrogen and oxygen atoms in total. The Morgan fingerprint density at radius 3 is 2.43 bits per heavy atom. The standard InChI is InChI=1S/C25H27NO4/c1-5-30-24-15-18(7-12-23(24)29-4)8-13-25(27)26(2)17-19-6-9-21-16-22(28-3)11-10-20(21)14-19/h6-16H,5,17H2,1-4H3/b13-8+. The molecule has 0 saturated carbocycles. The highest BCUT2D eigenvalue weighted by Crippen LogP contribution is 2.28. The molecule has 0 aliphatic heterocycles. The van der Waals surface area contributed by atoms with Crippen molar-refractivity contribution in [1.29, 1.82) is 0 Å². The quantitative estimate of drug-likeness (QED) is 0.499. The summed E-state index contributed by atoms with van der Waals surface area (Å²) >= 11 is 0. The Labute approximate surface area is 177 Å². The van der Waals surface area contributed by atoms with E-state index < -0.39 is 0 Å². The maximum absolute atomic E-state index is 12.6. The molecule has 3 aromatic carbocycles. The summed E-state index contributed by atoms with van der Waals surface area (Å²) in [7, 11) is 5.06. The Morgan fingerprint density at radius 2 is 1.70 bits per heavy atom. The van der Waals surface area contributed by atoms with Crippen molar-refractivity contribution >= 4 is 22.8 Å². The van der Waals surface area contributed by atoms with Gasteiger partial charge in [-0.3, -0.25) is 4.79 Å². The van der Waals surface area contributed by atoms with E-state index in [9.17, 15) is 4.79 Å². The molecule has 5 heteroatoms. The molecule has 0 bridgehead atoms. The summed E-state index contributed by atoms with van der Waals surface area (Å²) in [5.74, 6) is 2.10. The zero-order valence-corrected chi connectivity index (χ0v) is 17.8. The molecule has 0 heterocycles. The van der Waals surface area contributed by atoms with Crippen LogP contribution in [0.5, 0.6) is 17.2 Å². The molecular weight excluding hydrogens is 378 g/mol. The fraction of sp³-hybridized carbons (Fsp3) is 0.240. The highest BCUT2D eigenvalue weighted by Gasteiger charge is 2.08. The number of nitrogens with zero attached hydrogens (tertiary/aromatic N) is 1. The lowest BCUT2D eigenvalue weighted by molar-refractivity contribution is -0.125. The second-order valence-corrected chi connectivity index (χ2v) is 6.92. The Bertz CT molecular complexity index is 1060. The van der Waals surface area contributed by atoms with Crippen molar-refractivity contribution in [3.8, 4) is 17.2 Å². The van der Waals surface area contributed by atoms with Crippen LogP contribution in [0.25, 0.3) is 16.8 Å². The van der Waals surface area contributed by atoms with E-state index in [1.807, 2.05) is 55.5 Å². The number of amides is 1. The average molecular weight is 405 g/mol. The third kappa shape index (κ3) is 5.11. The Balaban J connectivity index is 1.68. The molecule has 0 saturated heterocycles. The molecule has 0 aliphatic rings. The van der Waals surface area contributed by atoms with E-state index in [1.165, 1.54) is 0 Å². The van der Waals surface area contributed by atoms with Crippen LogP contribution in [0.3, 0.4) is 0 Å². The van der Waals surface area contributed by atoms with Gasteiger partial charge < -0.3 is 19.1 Å². The van der Waals surface area contributed by atoms with Crippen molar-refractivity contribution in [2.45, 2.75) is 13.5 Å². The van der Waals surface area contributed by atoms with E-state index in [2.05, 4.69) is 6.07 Å². The predicted molar refractivity (Wildman–Crippen MR) is 120 cm³/mol. The van der Waals surface area contributed by atoms with E-state index in [-0.39, 0.29) is 5.91 Å². The van der Waals surface area contributed by atoms with Gasteiger partial charge in [-0.25, -0.2) is 0 Å². The van der Waals surface area contributed by atoms with Crippen LogP contribution in [0, 0.1) is 0 Å². The van der Waals surface area contributed by atoms with Gasteiger partial charge in [-0.1, -0.05) is 24.3 Å². The van der Waals surface area contributed by atoms with E-state index in [0.29, 0.717) is 24.7 Å². The molecule has 0 atom stereocenters. The fourth-order valence-electron chi connectivity index (χ4n) is 3.21. The molecule has 0 fully saturated rings. The molecule has 3 rings (SSSR count). The van der Waals surface area contributed by atoms with Crippen molar-refractivity contribution in [3.05, 3.63) is 71.8 Å². The van der Waals surface area contributed by atoms with Crippen LogP contribution in [0.4, 0.5) is 0 Å². The minimum absolute atomic E-state index is 0.0707. The highest BCUT2D eigenvalue weighted by molar-refractivity contribution is 5.92. The van der Waals surface area contributed by atoms with Gasteiger partial charge in [0.15, 0.2) is 11.5 Å². The summed E-state index contributed by atoms with van der Waals surface area (Å²) in [5, 5.41) is 2.22. The molecule has 1 amide bonds. The molecule has 0 aliphatic carbocycles. The van der Waals surface area contributed by atoms with Gasteiger partial charge >= 0.3 is 0 Å². The second kappa shape index (κ2) is 9.83. The third-order valence-corrected chi connectivity index (χ3v) is 4.81. The van der Waals surface area contributed by atoms with Gasteiger partial charge in [0, 0.05) is 19.7 Å². The maximum Gasteiger partial charge on any atom is 0.246 e. The van der Waals surface area contributed by atoms with Crippen LogP contribution in [-0.4, -0.2) is 38.7 Å². The first-order chi connectivity index (χ1) is 14.5. The van der Waals surface area contributed by atoms with Crippen molar-refractivity contribution < 1.29 is 19.0 Å². The number of benzene rings is 3. The summed E-state index contributed by atoms with van der Waals surface area (Å²) in [4.78, 5) is 14.3. The lowest BCUT2D eigenvalue weighted by Gasteiger charge is -2.16. The number of fused-ring (bicyclic) bond motifs is 1. The van der Waals surface area contributed by atoms with Crippen LogP contribution in [0.2, 0.25) is 0 Å². The minimum Gasteiger partial charge on any atom is -0.497 e. The predicted octanol–water partition coefficient (Wildman–Crippen LogP) is 4.93. The molecule has 156 valence electrons. The van der Waals surface area contributed by atoms with Crippen molar-refractivity contribution in [2.24, 2.45) is 0 Å². The molecule has 0 unspecified atom stereocenters. The van der Waals surface area contributed by atoms with E-state index in [1.54, 1.807) is 38.3 Å². The first-order valence-corrected chi connectivity index (χ1v) is 9.84. The molecule has 0 N–H and O–H groups in total. The SMILES string of the molecule is CCOc1cc(/C=C/C(=O)N(C)Cc2ccc3cc(OC)ccc3c2)ccc1OC. The summed E-state index contributed by atoms with van der Waals surface area (Å²) in [6.45, 7) is 2.99. The topological polar surface area (TPSA) is 48.0 Å². The lowest BCUT2D eigenvalue weighted by atomic mass is 10.1. The summed E-state index contributed by atoms with van der Waals surface area (Å²) in [5.41, 5.74) is 1.95. The first-order valence-electron chi connectivity index (χ1n) is 9.84. The molecule has 0 radical (unpaired) electrons. The molecule has 0 spiro atoms. The third-order valence-electron chi connectivity index (χ3n) is 4.81. The number of carbonyl (C=O) groups is 1. The van der Waals surface area contributed by atoms with Gasteiger partial charge in [0.05, 0.1) is 20.8 Å². The minimum atomic E-state index is -0.0707. The number of hydrogen-bond donors (Lipinski definition) is 0. The maximum atomic E-state index is 12.6. The van der Waals surface area contributed by atoms with Gasteiger partial charge in [-0.05, 0) is 65.2 Å². The lowest BCUT2D eigenvalue weighted by Crippen LogP contribution is -2.24. The molecular formula is C25H27NO4. The zero-order chi connectivity index (χ0) is 21.5. The van der Waals surface area contributed by atoms with E-state index in [4.69, 9.17) is 14.2 Å². The van der Waals surface area contributed by atoms with Crippen LogP contribution >= 0.6 is 0 Å². The highest BCUT2D eigenvalue weighted by atomic mass is 16.5. The van der Waals surface area contributed by atoms with E-state index in [0.717, 1.165) is 27.6 Å². The summed E-state index contributed by atoms with van der Waals surface area (Å²) in [6.07, 6.45) is 3.36. The van der Waals surface area contributed by atoms with Gasteiger partial charge in [0.2, 0.25) is 5.91 Å². The van der Waals surface area contributed by atoms with Gasteiger partial charge in [-0.2, -0.15) is 0 Å². The normalized spacial score (nSPS) is 10.9. The number of likely N-dealkylation sites (N-methyl/N-ethyl adjacent to an activating group) is 1. The fourth-order valence-corrected chi connectivity index (χ4v) is 3.21. The number of hydrogen-bond acceptors (Lipinski definition) is 4. The van der Waals surface area contributed by atoms with Crippen molar-refractivity contribution in [1.82, 2.24) is 4.90 Å². The Kier molecular flexibility index (Phi) is 6.96. The molecule has 30 heavy (non-hydrogen) atoms. The summed E-state index contributed by atoms with van der Waals surface area (Å²) in [6, 6.07) is 17.7. The number of carbonyl (C=O) groups excluding carboxylic acids is 1. The molecule has 0 aromatic heterocycles. The van der Waals surface area contributed by atoms with Gasteiger partial charge in [0.1, 0.15) is 5.75 Å². The van der Waals surface area contributed by atoms with Gasteiger partial charge in [0.25, 0.3) is 0 Å². The van der Waals surface area contributed by atoms with E-state index >= 15 is 0 Å². The van der Waals surface area contributed by atoms with Crippen LogP contribution in [0.1, 0.15) is 18.1 Å².